The summed E-state index contributed by atoms with van der Waals surface area (Å²) in [7, 11) is 0. The third-order valence-corrected chi connectivity index (χ3v) is 8.16. The van der Waals surface area contributed by atoms with Crippen molar-refractivity contribution < 1.29 is 23.5 Å². The van der Waals surface area contributed by atoms with Gasteiger partial charge in [0.05, 0.1) is 10.9 Å². The van der Waals surface area contributed by atoms with Crippen LogP contribution in [0.25, 0.3) is 33.4 Å². The average Bonchev–Trinajstić information content (AvgIpc) is 3.01. The molecule has 244 valence electrons. The highest BCUT2D eigenvalue weighted by Crippen LogP contribution is 2.43. The number of piperazine rings is 1. The summed E-state index contributed by atoms with van der Waals surface area (Å²) in [5.41, 5.74) is 6.48. The molecule has 0 saturated carbocycles. The first-order chi connectivity index (χ1) is 22.0. The van der Waals surface area contributed by atoms with Crippen molar-refractivity contribution in [1.29, 1.82) is 0 Å². The molecule has 2 aliphatic heterocycles. The maximum atomic E-state index is 13.7. The molecule has 2 aromatic carbocycles. The lowest BCUT2D eigenvalue weighted by molar-refractivity contribution is 0.0121. The van der Waals surface area contributed by atoms with Crippen LogP contribution < -0.4 is 10.7 Å². The monoisotopic (exact) mass is 626 g/mol. The number of fused-ring (bicyclic) bond motifs is 2. The number of ether oxygens (including phenoxy) is 2. The molecule has 5 rings (SSSR count). The summed E-state index contributed by atoms with van der Waals surface area (Å²) in [6.45, 7) is 18.7. The van der Waals surface area contributed by atoms with Crippen LogP contribution >= 0.6 is 0 Å². The van der Waals surface area contributed by atoms with Crippen molar-refractivity contribution >= 4 is 28.7 Å². The number of benzene rings is 3. The molecule has 1 aliphatic carbocycles. The molecular weight excluding hydrogens is 580 g/mol. The third-order valence-electron chi connectivity index (χ3n) is 8.16. The zero-order valence-corrected chi connectivity index (χ0v) is 28.2. The van der Waals surface area contributed by atoms with Gasteiger partial charge in [-0.15, -0.1) is 0 Å². The first-order valence-electron chi connectivity index (χ1n) is 16.2. The predicted molar refractivity (Wildman–Crippen MR) is 183 cm³/mol. The number of carbonyl (C=O) groups is 2. The molecule has 0 radical (unpaired) electrons. The van der Waals surface area contributed by atoms with E-state index in [-0.39, 0.29) is 18.7 Å². The topological polar surface area (TPSA) is 96.6 Å². The maximum Gasteiger partial charge on any atom is 0.410 e. The summed E-state index contributed by atoms with van der Waals surface area (Å²) in [5, 5.41) is 5.25. The van der Waals surface area contributed by atoms with Crippen molar-refractivity contribution in [3.8, 4) is 22.5 Å². The normalized spacial score (nSPS) is 14.6. The van der Waals surface area contributed by atoms with Gasteiger partial charge in [-0.3, -0.25) is 9.89 Å². The van der Waals surface area contributed by atoms with Crippen LogP contribution in [0, 0.1) is 13.8 Å². The minimum absolute atomic E-state index is 0.247. The van der Waals surface area contributed by atoms with Gasteiger partial charge in [0.15, 0.2) is 0 Å². The van der Waals surface area contributed by atoms with Gasteiger partial charge >= 0.3 is 12.1 Å². The van der Waals surface area contributed by atoms with Crippen LogP contribution in [-0.4, -0.2) is 79.9 Å². The number of nitrogens with zero attached hydrogens (tertiary/aromatic N) is 3. The molecule has 0 bridgehead atoms. The largest absolute Gasteiger partial charge is 0.461 e. The van der Waals surface area contributed by atoms with Crippen molar-refractivity contribution in [2.75, 3.05) is 57.7 Å². The summed E-state index contributed by atoms with van der Waals surface area (Å²) in [6.07, 6.45) is -0.289. The Labute approximate surface area is 271 Å². The molecule has 3 aliphatic rings. The van der Waals surface area contributed by atoms with E-state index in [0.717, 1.165) is 56.4 Å². The highest BCUT2D eigenvalue weighted by atomic mass is 16.6. The highest BCUT2D eigenvalue weighted by Gasteiger charge is 2.27. The number of amides is 1. The van der Waals surface area contributed by atoms with Gasteiger partial charge in [0, 0.05) is 80.1 Å². The Hall–Kier alpha value is -4.37. The van der Waals surface area contributed by atoms with E-state index >= 15 is 0 Å². The summed E-state index contributed by atoms with van der Waals surface area (Å²) in [6, 6.07) is 15.9. The Morgan fingerprint density at radius 3 is 2.39 bits per heavy atom. The molecule has 2 heterocycles. The van der Waals surface area contributed by atoms with Crippen molar-refractivity contribution in [3.63, 3.8) is 0 Å². The van der Waals surface area contributed by atoms with E-state index in [2.05, 4.69) is 48.1 Å². The molecule has 1 amide bonds. The quantitative estimate of drug-likeness (QED) is 0.168. The average molecular weight is 627 g/mol. The van der Waals surface area contributed by atoms with Gasteiger partial charge in [-0.2, -0.15) is 0 Å². The molecule has 0 atom stereocenters. The summed E-state index contributed by atoms with van der Waals surface area (Å²) >= 11 is 0. The first-order valence-corrected chi connectivity index (χ1v) is 16.2. The second-order valence-corrected chi connectivity index (χ2v) is 12.8. The molecule has 1 N–H and O–H groups in total. The molecule has 9 nitrogen and oxygen atoms in total. The van der Waals surface area contributed by atoms with E-state index in [0.29, 0.717) is 50.6 Å². The Morgan fingerprint density at radius 1 is 0.957 bits per heavy atom. The van der Waals surface area contributed by atoms with Crippen molar-refractivity contribution in [2.45, 2.75) is 54.1 Å². The molecule has 0 unspecified atom stereocenters. The number of hydrogen-bond donors (Lipinski definition) is 1. The van der Waals surface area contributed by atoms with E-state index in [1.807, 2.05) is 64.1 Å². The Kier molecular flexibility index (Phi) is 10.0. The SMILES string of the molecule is CC/N=c1\cc2oc3cc(NCC)c(C)cc3c(-c3ccccc3C(=O)OCCN3CCN(C(=O)OC(C)(C)C)CC3)c-2cc1C. The second kappa shape index (κ2) is 14.0. The number of anilines is 1. The molecule has 0 aromatic heterocycles. The Morgan fingerprint density at radius 2 is 1.70 bits per heavy atom. The third kappa shape index (κ3) is 7.36. The molecular formula is C37H46N4O5. The van der Waals surface area contributed by atoms with Gasteiger partial charge in [-0.05, 0) is 83.4 Å². The maximum absolute atomic E-state index is 13.7. The van der Waals surface area contributed by atoms with Gasteiger partial charge in [-0.25, -0.2) is 9.59 Å². The lowest BCUT2D eigenvalue weighted by Gasteiger charge is -2.35. The van der Waals surface area contributed by atoms with E-state index in [1.165, 1.54) is 0 Å². The zero-order chi connectivity index (χ0) is 33.0. The van der Waals surface area contributed by atoms with E-state index in [9.17, 15) is 9.59 Å². The molecule has 9 heteroatoms. The molecule has 2 aromatic rings. The predicted octanol–water partition coefficient (Wildman–Crippen LogP) is 6.88. The van der Waals surface area contributed by atoms with E-state index in [1.54, 1.807) is 4.90 Å². The van der Waals surface area contributed by atoms with Gasteiger partial charge < -0.3 is 24.1 Å². The fourth-order valence-electron chi connectivity index (χ4n) is 5.91. The lowest BCUT2D eigenvalue weighted by Crippen LogP contribution is -2.50. The van der Waals surface area contributed by atoms with Crippen LogP contribution in [0.2, 0.25) is 0 Å². The fraction of sp³-hybridized carbons (Fsp3) is 0.432. The number of esters is 1. The van der Waals surface area contributed by atoms with Gasteiger partial charge in [0.25, 0.3) is 0 Å². The fourth-order valence-corrected chi connectivity index (χ4v) is 5.91. The van der Waals surface area contributed by atoms with Crippen LogP contribution in [-0.2, 0) is 9.47 Å². The van der Waals surface area contributed by atoms with Crippen LogP contribution in [0.3, 0.4) is 0 Å². The van der Waals surface area contributed by atoms with Crippen LogP contribution in [0.1, 0.15) is 56.1 Å². The van der Waals surface area contributed by atoms with Gasteiger partial charge in [0.1, 0.15) is 23.6 Å². The van der Waals surface area contributed by atoms with Crippen LogP contribution in [0.5, 0.6) is 0 Å². The highest BCUT2D eigenvalue weighted by molar-refractivity contribution is 6.08. The van der Waals surface area contributed by atoms with Crippen molar-refractivity contribution in [3.05, 3.63) is 70.6 Å². The summed E-state index contributed by atoms with van der Waals surface area (Å²) in [5.74, 6) is 0.334. The molecule has 1 fully saturated rings. The van der Waals surface area contributed by atoms with Crippen LogP contribution in [0.15, 0.2) is 57.9 Å². The number of carbonyl (C=O) groups excluding carboxylic acids is 2. The molecule has 0 spiro atoms. The zero-order valence-electron chi connectivity index (χ0n) is 28.2. The Balaban J connectivity index is 1.42. The standard InChI is InChI=1S/C37H46N4O5/c1-8-38-30-22-32-28(20-24(30)3)34(29-21-25(4)31(39-9-2)23-33(29)45-32)26-12-10-11-13-27(26)35(42)44-19-18-40-14-16-41(17-15-40)36(43)46-37(5,6)7/h10-13,20-23,38H,8-9,14-19H2,1-7H3/b39-31+. The lowest BCUT2D eigenvalue weighted by atomic mass is 9.89. The van der Waals surface area contributed by atoms with Crippen molar-refractivity contribution in [1.82, 2.24) is 9.80 Å². The number of rotatable bonds is 8. The second-order valence-electron chi connectivity index (χ2n) is 12.8. The number of nitrogens with one attached hydrogen (secondary N) is 1. The van der Waals surface area contributed by atoms with Crippen LogP contribution in [0.4, 0.5) is 10.5 Å². The minimum Gasteiger partial charge on any atom is -0.461 e. The molecule has 1 saturated heterocycles. The van der Waals surface area contributed by atoms with Gasteiger partial charge in [-0.1, -0.05) is 18.2 Å². The number of hydrogen-bond acceptors (Lipinski definition) is 8. The van der Waals surface area contributed by atoms with Crippen molar-refractivity contribution in [2.24, 2.45) is 4.99 Å². The Bertz CT molecular complexity index is 1760. The molecule has 46 heavy (non-hydrogen) atoms. The smallest absolute Gasteiger partial charge is 0.410 e. The van der Waals surface area contributed by atoms with E-state index in [4.69, 9.17) is 13.9 Å². The summed E-state index contributed by atoms with van der Waals surface area (Å²) in [4.78, 5) is 34.7. The van der Waals surface area contributed by atoms with E-state index < -0.39 is 5.60 Å². The number of aryl methyl sites for hydroxylation is 2. The van der Waals surface area contributed by atoms with Gasteiger partial charge in [0.2, 0.25) is 0 Å². The minimum atomic E-state index is -0.521. The summed E-state index contributed by atoms with van der Waals surface area (Å²) < 4.78 is 17.9. The first kappa shape index (κ1) is 33.0.